The molecule has 122 valence electrons. The number of rotatable bonds is 2. The predicted molar refractivity (Wildman–Crippen MR) is 83.8 cm³/mol. The average molecular weight is 325 g/mol. The minimum atomic E-state index is -0.332. The third-order valence-electron chi connectivity index (χ3n) is 5.17. The Labute approximate surface area is 137 Å². The van der Waals surface area contributed by atoms with E-state index in [0.29, 0.717) is 19.4 Å². The fourth-order valence-electron chi connectivity index (χ4n) is 3.99. The smallest absolute Gasteiger partial charge is 0.415 e. The van der Waals surface area contributed by atoms with Crippen LogP contribution in [0.3, 0.4) is 0 Å². The van der Waals surface area contributed by atoms with Gasteiger partial charge in [0.15, 0.2) is 0 Å². The van der Waals surface area contributed by atoms with E-state index in [1.807, 2.05) is 12.1 Å². The zero-order valence-corrected chi connectivity index (χ0v) is 13.0. The third-order valence-corrected chi connectivity index (χ3v) is 5.17. The van der Waals surface area contributed by atoms with Gasteiger partial charge in [-0.05, 0) is 29.7 Å². The molecular formula is C16H15N5O3. The van der Waals surface area contributed by atoms with Crippen molar-refractivity contribution in [2.75, 3.05) is 16.8 Å². The van der Waals surface area contributed by atoms with Crippen molar-refractivity contribution in [3.8, 4) is 0 Å². The molecule has 2 amide bonds. The van der Waals surface area contributed by atoms with Gasteiger partial charge in [-0.2, -0.15) is 0 Å². The van der Waals surface area contributed by atoms with Crippen LogP contribution < -0.4 is 9.80 Å². The molecule has 2 aromatic rings. The largest absolute Gasteiger partial charge is 0.442 e. The molecule has 0 aliphatic carbocycles. The summed E-state index contributed by atoms with van der Waals surface area (Å²) in [5.41, 5.74) is 3.95. The Balaban J connectivity index is 1.52. The van der Waals surface area contributed by atoms with Crippen molar-refractivity contribution in [2.24, 2.45) is 0 Å². The molecule has 0 saturated carbocycles. The number of ether oxygens (including phenoxy) is 1. The van der Waals surface area contributed by atoms with Crippen molar-refractivity contribution in [3.63, 3.8) is 0 Å². The zero-order valence-electron chi connectivity index (χ0n) is 13.0. The third kappa shape index (κ3) is 1.68. The van der Waals surface area contributed by atoms with Crippen LogP contribution in [0.2, 0.25) is 0 Å². The number of likely N-dealkylation sites (N-methyl/N-ethyl adjacent to an activating group) is 1. The molecule has 1 aromatic carbocycles. The van der Waals surface area contributed by atoms with Gasteiger partial charge in [-0.1, -0.05) is 5.21 Å². The van der Waals surface area contributed by atoms with Crippen molar-refractivity contribution in [2.45, 2.75) is 31.5 Å². The summed E-state index contributed by atoms with van der Waals surface area (Å²) in [7, 11) is 1.79. The van der Waals surface area contributed by atoms with Gasteiger partial charge in [0.1, 0.15) is 6.10 Å². The standard InChI is InChI=1S/C16H15N5O3/c1-19-11-2-3-12-9(10(11)7-15(19)22)6-13-14(24-16(23)21(12)13)8-20-5-4-17-18-20/h2-5,13-14H,6-8H2,1H3/t13-,14-/m0/s1. The van der Waals surface area contributed by atoms with Crippen LogP contribution in [0, 0.1) is 0 Å². The summed E-state index contributed by atoms with van der Waals surface area (Å²) < 4.78 is 7.21. The van der Waals surface area contributed by atoms with Crippen LogP contribution in [0.25, 0.3) is 0 Å². The quantitative estimate of drug-likeness (QED) is 0.814. The Morgan fingerprint density at radius 3 is 2.88 bits per heavy atom. The molecule has 1 aromatic heterocycles. The molecule has 1 saturated heterocycles. The SMILES string of the molecule is CN1C(=O)Cc2c1ccc1c2C[C@H]2[C@H](Cn3ccnn3)OC(=O)N12. The van der Waals surface area contributed by atoms with Crippen molar-refractivity contribution >= 4 is 23.4 Å². The maximum Gasteiger partial charge on any atom is 0.415 e. The number of hydrogen-bond donors (Lipinski definition) is 0. The summed E-state index contributed by atoms with van der Waals surface area (Å²) >= 11 is 0. The highest BCUT2D eigenvalue weighted by Gasteiger charge is 2.49. The highest BCUT2D eigenvalue weighted by Crippen LogP contribution is 2.45. The van der Waals surface area contributed by atoms with Crippen LogP contribution in [0.1, 0.15) is 11.1 Å². The Hall–Kier alpha value is -2.90. The Bertz CT molecular complexity index is 863. The molecule has 2 atom stereocenters. The van der Waals surface area contributed by atoms with Gasteiger partial charge in [-0.25, -0.2) is 9.48 Å². The minimum absolute atomic E-state index is 0.0655. The average Bonchev–Trinajstić information content (AvgIpc) is 3.29. The number of cyclic esters (lactones) is 1. The topological polar surface area (TPSA) is 80.6 Å². The molecule has 24 heavy (non-hydrogen) atoms. The van der Waals surface area contributed by atoms with Gasteiger partial charge in [-0.15, -0.1) is 5.10 Å². The molecule has 8 nitrogen and oxygen atoms in total. The Kier molecular flexibility index (Phi) is 2.57. The number of benzene rings is 1. The number of hydrogen-bond acceptors (Lipinski definition) is 5. The van der Waals surface area contributed by atoms with Gasteiger partial charge in [-0.3, -0.25) is 9.69 Å². The first-order valence-electron chi connectivity index (χ1n) is 7.89. The van der Waals surface area contributed by atoms with Crippen LogP contribution >= 0.6 is 0 Å². The number of fused-ring (bicyclic) bond motifs is 5. The summed E-state index contributed by atoms with van der Waals surface area (Å²) in [6.07, 6.45) is 3.85. The highest BCUT2D eigenvalue weighted by molar-refractivity contribution is 6.04. The molecule has 0 unspecified atom stereocenters. The van der Waals surface area contributed by atoms with E-state index < -0.39 is 0 Å². The number of aromatic nitrogens is 3. The van der Waals surface area contributed by atoms with Gasteiger partial charge in [0.2, 0.25) is 5.91 Å². The van der Waals surface area contributed by atoms with E-state index in [-0.39, 0.29) is 24.1 Å². The monoisotopic (exact) mass is 325 g/mol. The highest BCUT2D eigenvalue weighted by atomic mass is 16.6. The molecule has 5 rings (SSSR count). The van der Waals surface area contributed by atoms with Crippen LogP contribution in [-0.4, -0.2) is 46.2 Å². The van der Waals surface area contributed by atoms with Gasteiger partial charge < -0.3 is 9.64 Å². The van der Waals surface area contributed by atoms with Crippen molar-refractivity contribution < 1.29 is 14.3 Å². The van der Waals surface area contributed by atoms with Crippen LogP contribution in [0.15, 0.2) is 24.5 Å². The van der Waals surface area contributed by atoms with Crippen molar-refractivity contribution in [3.05, 3.63) is 35.7 Å². The van der Waals surface area contributed by atoms with E-state index >= 15 is 0 Å². The molecule has 8 heteroatoms. The number of carbonyl (C=O) groups excluding carboxylic acids is 2. The summed E-state index contributed by atoms with van der Waals surface area (Å²) in [5.74, 6) is 0.0900. The van der Waals surface area contributed by atoms with E-state index in [4.69, 9.17) is 4.74 Å². The number of anilines is 2. The Morgan fingerprint density at radius 1 is 1.25 bits per heavy atom. The molecule has 1 fully saturated rings. The number of carbonyl (C=O) groups is 2. The molecule has 0 N–H and O–H groups in total. The lowest BCUT2D eigenvalue weighted by Crippen LogP contribution is -2.35. The molecular weight excluding hydrogens is 310 g/mol. The normalized spacial score (nSPS) is 24.2. The second-order valence-electron chi connectivity index (χ2n) is 6.38. The van der Waals surface area contributed by atoms with E-state index in [1.165, 1.54) is 0 Å². The van der Waals surface area contributed by atoms with Crippen LogP contribution in [0.5, 0.6) is 0 Å². The zero-order chi connectivity index (χ0) is 16.4. The fraction of sp³-hybridized carbons (Fsp3) is 0.375. The second-order valence-corrected chi connectivity index (χ2v) is 6.38. The molecule has 0 radical (unpaired) electrons. The van der Waals surface area contributed by atoms with E-state index in [1.54, 1.807) is 33.9 Å². The van der Waals surface area contributed by atoms with Gasteiger partial charge in [0.25, 0.3) is 0 Å². The molecule has 4 heterocycles. The lowest BCUT2D eigenvalue weighted by molar-refractivity contribution is -0.117. The van der Waals surface area contributed by atoms with Crippen LogP contribution in [0.4, 0.5) is 16.2 Å². The first-order valence-corrected chi connectivity index (χ1v) is 7.89. The second kappa shape index (κ2) is 4.56. The lowest BCUT2D eigenvalue weighted by Gasteiger charge is -2.16. The first-order chi connectivity index (χ1) is 11.6. The lowest BCUT2D eigenvalue weighted by atomic mass is 9.99. The number of nitrogens with zero attached hydrogens (tertiary/aromatic N) is 5. The van der Waals surface area contributed by atoms with Gasteiger partial charge in [0.05, 0.1) is 30.9 Å². The summed E-state index contributed by atoms with van der Waals surface area (Å²) in [4.78, 5) is 27.8. The molecule has 3 aliphatic heterocycles. The van der Waals surface area contributed by atoms with E-state index in [9.17, 15) is 9.59 Å². The maximum atomic E-state index is 12.4. The van der Waals surface area contributed by atoms with Crippen molar-refractivity contribution in [1.82, 2.24) is 15.0 Å². The van der Waals surface area contributed by atoms with E-state index in [2.05, 4.69) is 10.3 Å². The maximum absolute atomic E-state index is 12.4. The number of amides is 2. The van der Waals surface area contributed by atoms with Gasteiger partial charge in [0, 0.05) is 18.9 Å². The fourth-order valence-corrected chi connectivity index (χ4v) is 3.99. The predicted octanol–water partition coefficient (Wildman–Crippen LogP) is 0.747. The summed E-state index contributed by atoms with van der Waals surface area (Å²) in [6, 6.07) is 3.77. The summed E-state index contributed by atoms with van der Waals surface area (Å²) in [5, 5.41) is 7.74. The molecule has 0 bridgehead atoms. The van der Waals surface area contributed by atoms with Crippen LogP contribution in [-0.2, 0) is 28.9 Å². The van der Waals surface area contributed by atoms with Gasteiger partial charge >= 0.3 is 6.09 Å². The Morgan fingerprint density at radius 2 is 2.08 bits per heavy atom. The van der Waals surface area contributed by atoms with E-state index in [0.717, 1.165) is 22.5 Å². The summed E-state index contributed by atoms with van der Waals surface area (Å²) in [6.45, 7) is 0.474. The van der Waals surface area contributed by atoms with Crippen molar-refractivity contribution in [1.29, 1.82) is 0 Å². The minimum Gasteiger partial charge on any atom is -0.442 e. The molecule has 0 spiro atoms. The molecule has 3 aliphatic rings. The first kappa shape index (κ1) is 13.5.